The number of aryl methyl sites for hydroxylation is 1. The molecule has 4 heteroatoms. The van der Waals surface area contributed by atoms with Gasteiger partial charge >= 0.3 is 0 Å². The van der Waals surface area contributed by atoms with Gasteiger partial charge in [0.2, 0.25) is 0 Å². The molecule has 2 N–H and O–H groups in total. The predicted molar refractivity (Wildman–Crippen MR) is 59.8 cm³/mol. The summed E-state index contributed by atoms with van der Waals surface area (Å²) < 4.78 is 1.96. The lowest BCUT2D eigenvalue weighted by Gasteiger charge is -2.03. The molecule has 0 aliphatic heterocycles. The van der Waals surface area contributed by atoms with Gasteiger partial charge in [-0.15, -0.1) is 0 Å². The predicted octanol–water partition coefficient (Wildman–Crippen LogP) is 1.48. The SMILES string of the molecule is CCn1nc2cc(O)ccc2c1CNC. The molecule has 0 saturated carbocycles. The van der Waals surface area contributed by atoms with Gasteiger partial charge in [-0.25, -0.2) is 0 Å². The van der Waals surface area contributed by atoms with Gasteiger partial charge < -0.3 is 10.4 Å². The fraction of sp³-hybridized carbons (Fsp3) is 0.364. The van der Waals surface area contributed by atoms with E-state index in [2.05, 4.69) is 17.3 Å². The molecule has 4 nitrogen and oxygen atoms in total. The first-order chi connectivity index (χ1) is 7.26. The molecule has 0 atom stereocenters. The maximum atomic E-state index is 9.37. The number of fused-ring (bicyclic) bond motifs is 1. The van der Waals surface area contributed by atoms with Gasteiger partial charge in [-0.05, 0) is 26.1 Å². The zero-order chi connectivity index (χ0) is 10.8. The van der Waals surface area contributed by atoms with E-state index < -0.39 is 0 Å². The second kappa shape index (κ2) is 3.90. The summed E-state index contributed by atoms with van der Waals surface area (Å²) in [5.74, 6) is 0.263. The number of rotatable bonds is 3. The van der Waals surface area contributed by atoms with Crippen LogP contribution >= 0.6 is 0 Å². The Kier molecular flexibility index (Phi) is 2.60. The number of nitrogens with zero attached hydrogens (tertiary/aromatic N) is 2. The summed E-state index contributed by atoms with van der Waals surface area (Å²) in [6.07, 6.45) is 0. The number of phenols is 1. The Labute approximate surface area is 88.5 Å². The van der Waals surface area contributed by atoms with Crippen molar-refractivity contribution in [3.63, 3.8) is 0 Å². The number of phenolic OH excluding ortho intramolecular Hbond substituents is 1. The highest BCUT2D eigenvalue weighted by Crippen LogP contribution is 2.22. The van der Waals surface area contributed by atoms with Gasteiger partial charge in [-0.2, -0.15) is 5.10 Å². The molecule has 0 aliphatic carbocycles. The average Bonchev–Trinajstić information content (AvgIpc) is 2.56. The number of hydrogen-bond donors (Lipinski definition) is 2. The van der Waals surface area contributed by atoms with Crippen LogP contribution in [0.25, 0.3) is 10.9 Å². The van der Waals surface area contributed by atoms with Crippen molar-refractivity contribution in [3.8, 4) is 5.75 Å². The van der Waals surface area contributed by atoms with Gasteiger partial charge in [-0.3, -0.25) is 4.68 Å². The molecular weight excluding hydrogens is 190 g/mol. The smallest absolute Gasteiger partial charge is 0.117 e. The Morgan fingerprint density at radius 3 is 2.93 bits per heavy atom. The Balaban J connectivity index is 2.63. The molecule has 1 aromatic carbocycles. The van der Waals surface area contributed by atoms with Crippen LogP contribution in [0.5, 0.6) is 5.75 Å². The maximum absolute atomic E-state index is 9.37. The molecule has 1 aromatic heterocycles. The van der Waals surface area contributed by atoms with E-state index in [1.807, 2.05) is 17.8 Å². The fourth-order valence-electron chi connectivity index (χ4n) is 1.79. The highest BCUT2D eigenvalue weighted by molar-refractivity contribution is 5.82. The van der Waals surface area contributed by atoms with Crippen LogP contribution < -0.4 is 5.32 Å². The standard InChI is InChI=1S/C11H15N3O/c1-3-14-11(7-12-2)9-5-4-8(15)6-10(9)13-14/h4-6,12,15H,3,7H2,1-2H3. The molecule has 2 rings (SSSR count). The summed E-state index contributed by atoms with van der Waals surface area (Å²) >= 11 is 0. The van der Waals surface area contributed by atoms with Crippen LogP contribution in [0.4, 0.5) is 0 Å². The normalized spacial score (nSPS) is 11.1. The molecule has 1 heterocycles. The van der Waals surface area contributed by atoms with Crippen molar-refractivity contribution >= 4 is 10.9 Å². The van der Waals surface area contributed by atoms with Crippen molar-refractivity contribution in [2.24, 2.45) is 0 Å². The number of aromatic hydroxyl groups is 1. The third kappa shape index (κ3) is 1.68. The molecule has 0 saturated heterocycles. The first-order valence-electron chi connectivity index (χ1n) is 5.09. The van der Waals surface area contributed by atoms with Gasteiger partial charge in [0.25, 0.3) is 0 Å². The third-order valence-corrected chi connectivity index (χ3v) is 2.48. The Morgan fingerprint density at radius 1 is 1.47 bits per heavy atom. The van der Waals surface area contributed by atoms with E-state index in [4.69, 9.17) is 0 Å². The number of benzene rings is 1. The second-order valence-corrected chi connectivity index (χ2v) is 3.49. The highest BCUT2D eigenvalue weighted by atomic mass is 16.3. The molecule has 0 bridgehead atoms. The minimum atomic E-state index is 0.263. The van der Waals surface area contributed by atoms with E-state index in [0.29, 0.717) is 0 Å². The highest BCUT2D eigenvalue weighted by Gasteiger charge is 2.09. The van der Waals surface area contributed by atoms with Crippen molar-refractivity contribution in [2.45, 2.75) is 20.0 Å². The maximum Gasteiger partial charge on any atom is 0.117 e. The lowest BCUT2D eigenvalue weighted by atomic mass is 10.2. The Morgan fingerprint density at radius 2 is 2.27 bits per heavy atom. The van der Waals surface area contributed by atoms with Crippen molar-refractivity contribution in [1.82, 2.24) is 15.1 Å². The van der Waals surface area contributed by atoms with E-state index in [1.165, 1.54) is 0 Å². The first-order valence-corrected chi connectivity index (χ1v) is 5.09. The van der Waals surface area contributed by atoms with Gasteiger partial charge in [0.05, 0.1) is 11.2 Å². The van der Waals surface area contributed by atoms with Gasteiger partial charge in [0.15, 0.2) is 0 Å². The minimum Gasteiger partial charge on any atom is -0.508 e. The Hall–Kier alpha value is -1.55. The first kappa shape index (κ1) is 9.98. The summed E-state index contributed by atoms with van der Waals surface area (Å²) in [7, 11) is 1.92. The summed E-state index contributed by atoms with van der Waals surface area (Å²) in [6, 6.07) is 5.31. The van der Waals surface area contributed by atoms with Crippen LogP contribution in [0.3, 0.4) is 0 Å². The van der Waals surface area contributed by atoms with Crippen molar-refractivity contribution in [2.75, 3.05) is 7.05 Å². The number of nitrogens with one attached hydrogen (secondary N) is 1. The fourth-order valence-corrected chi connectivity index (χ4v) is 1.79. The largest absolute Gasteiger partial charge is 0.508 e. The number of aromatic nitrogens is 2. The van der Waals surface area contributed by atoms with E-state index in [0.717, 1.165) is 29.7 Å². The monoisotopic (exact) mass is 205 g/mol. The summed E-state index contributed by atoms with van der Waals surface area (Å²) in [6.45, 7) is 3.69. The molecular formula is C11H15N3O. The lowest BCUT2D eigenvalue weighted by Crippen LogP contribution is -2.11. The van der Waals surface area contributed by atoms with Crippen LogP contribution in [-0.2, 0) is 13.1 Å². The summed E-state index contributed by atoms with van der Waals surface area (Å²) in [5, 5.41) is 18.0. The third-order valence-electron chi connectivity index (χ3n) is 2.48. The van der Waals surface area contributed by atoms with Crippen LogP contribution in [0.15, 0.2) is 18.2 Å². The van der Waals surface area contributed by atoms with E-state index in [-0.39, 0.29) is 5.75 Å². The molecule has 15 heavy (non-hydrogen) atoms. The van der Waals surface area contributed by atoms with Crippen LogP contribution in [0.1, 0.15) is 12.6 Å². The van der Waals surface area contributed by atoms with E-state index >= 15 is 0 Å². The topological polar surface area (TPSA) is 50.1 Å². The van der Waals surface area contributed by atoms with E-state index in [9.17, 15) is 5.11 Å². The van der Waals surface area contributed by atoms with Gasteiger partial charge in [-0.1, -0.05) is 0 Å². The molecule has 0 fully saturated rings. The molecule has 0 amide bonds. The lowest BCUT2D eigenvalue weighted by molar-refractivity contribution is 0.476. The average molecular weight is 205 g/mol. The van der Waals surface area contributed by atoms with Crippen molar-refractivity contribution < 1.29 is 5.11 Å². The molecule has 2 aromatic rings. The van der Waals surface area contributed by atoms with Crippen LogP contribution in [0, 0.1) is 0 Å². The zero-order valence-electron chi connectivity index (χ0n) is 8.99. The Bertz CT molecular complexity index is 476. The molecule has 0 spiro atoms. The van der Waals surface area contributed by atoms with Crippen LogP contribution in [-0.4, -0.2) is 21.9 Å². The van der Waals surface area contributed by atoms with E-state index in [1.54, 1.807) is 12.1 Å². The molecule has 0 unspecified atom stereocenters. The van der Waals surface area contributed by atoms with Crippen LogP contribution in [0.2, 0.25) is 0 Å². The van der Waals surface area contributed by atoms with Crippen molar-refractivity contribution in [3.05, 3.63) is 23.9 Å². The number of hydrogen-bond acceptors (Lipinski definition) is 3. The zero-order valence-corrected chi connectivity index (χ0v) is 8.99. The summed E-state index contributed by atoms with van der Waals surface area (Å²) in [4.78, 5) is 0. The molecule has 0 aliphatic rings. The van der Waals surface area contributed by atoms with Crippen molar-refractivity contribution in [1.29, 1.82) is 0 Å². The second-order valence-electron chi connectivity index (χ2n) is 3.49. The van der Waals surface area contributed by atoms with Gasteiger partial charge in [0.1, 0.15) is 5.75 Å². The molecule has 0 radical (unpaired) electrons. The molecule has 80 valence electrons. The van der Waals surface area contributed by atoms with Gasteiger partial charge in [0, 0.05) is 24.5 Å². The minimum absolute atomic E-state index is 0.263. The summed E-state index contributed by atoms with van der Waals surface area (Å²) in [5.41, 5.74) is 2.01. The quantitative estimate of drug-likeness (QED) is 0.798.